The molecule has 0 bridgehead atoms. The van der Waals surface area contributed by atoms with E-state index in [2.05, 4.69) is 25.4 Å². The first-order valence-electron chi connectivity index (χ1n) is 9.13. The van der Waals surface area contributed by atoms with Gasteiger partial charge in [0.05, 0.1) is 12.2 Å². The lowest BCUT2D eigenvalue weighted by Gasteiger charge is -2.16. The summed E-state index contributed by atoms with van der Waals surface area (Å²) in [5, 5.41) is 7.23. The van der Waals surface area contributed by atoms with Crippen LogP contribution in [0.15, 0.2) is 53.9 Å². The van der Waals surface area contributed by atoms with Crippen molar-refractivity contribution in [3.63, 3.8) is 0 Å². The van der Waals surface area contributed by atoms with E-state index in [1.165, 1.54) is 36.3 Å². The van der Waals surface area contributed by atoms with Gasteiger partial charge in [-0.15, -0.1) is 0 Å². The molecular formula is C19H23N7O3S. The van der Waals surface area contributed by atoms with Crippen molar-refractivity contribution in [3.8, 4) is 5.95 Å². The maximum Gasteiger partial charge on any atom is 0.252 e. The zero-order valence-electron chi connectivity index (χ0n) is 17.1. The molecule has 0 saturated carbocycles. The number of hydrogen-bond donors (Lipinski definition) is 1. The van der Waals surface area contributed by atoms with Crippen LogP contribution >= 0.6 is 0 Å². The minimum atomic E-state index is -3.84. The average Bonchev–Trinajstić information content (AvgIpc) is 3.13. The summed E-state index contributed by atoms with van der Waals surface area (Å²) in [5.41, 5.74) is 0.446. The third-order valence-corrected chi connectivity index (χ3v) is 5.98. The molecule has 3 aromatic rings. The summed E-state index contributed by atoms with van der Waals surface area (Å²) in [6, 6.07) is 6.35. The molecule has 0 atom stereocenters. The molecule has 0 aromatic carbocycles. The number of carbonyl (C=O) groups excluding carboxylic acids is 1. The molecule has 30 heavy (non-hydrogen) atoms. The standard InChI is InChI=1S/C19H23N7O3S/c1-19(2,3)15-11-16(26(24-15)18-21-9-6-10-22-18)23-17(27)13-25(4)30(28,29)14-7-5-8-20-12-14/h5-12H,13H2,1-4H3,(H,23,27). The lowest BCUT2D eigenvalue weighted by molar-refractivity contribution is -0.116. The van der Waals surface area contributed by atoms with Gasteiger partial charge in [-0.3, -0.25) is 9.78 Å². The van der Waals surface area contributed by atoms with Crippen LogP contribution in [0.1, 0.15) is 26.5 Å². The molecule has 158 valence electrons. The van der Waals surface area contributed by atoms with Gasteiger partial charge in [0.15, 0.2) is 0 Å². The molecular weight excluding hydrogens is 406 g/mol. The minimum Gasteiger partial charge on any atom is -0.309 e. The number of nitrogens with zero attached hydrogens (tertiary/aromatic N) is 6. The number of rotatable bonds is 6. The van der Waals surface area contributed by atoms with Crippen molar-refractivity contribution in [2.45, 2.75) is 31.1 Å². The summed E-state index contributed by atoms with van der Waals surface area (Å²) >= 11 is 0. The van der Waals surface area contributed by atoms with Crippen LogP contribution in [-0.4, -0.2) is 57.0 Å². The van der Waals surface area contributed by atoms with Crippen LogP contribution in [0.4, 0.5) is 5.82 Å². The molecule has 0 spiro atoms. The highest BCUT2D eigenvalue weighted by Crippen LogP contribution is 2.25. The van der Waals surface area contributed by atoms with Crippen molar-refractivity contribution in [1.82, 2.24) is 29.0 Å². The van der Waals surface area contributed by atoms with Crippen LogP contribution in [0.5, 0.6) is 0 Å². The molecule has 0 fully saturated rings. The van der Waals surface area contributed by atoms with E-state index in [0.717, 1.165) is 10.00 Å². The van der Waals surface area contributed by atoms with E-state index in [9.17, 15) is 13.2 Å². The van der Waals surface area contributed by atoms with Crippen LogP contribution < -0.4 is 5.32 Å². The number of aromatic nitrogens is 5. The molecule has 1 N–H and O–H groups in total. The number of sulfonamides is 1. The van der Waals surface area contributed by atoms with Gasteiger partial charge in [-0.1, -0.05) is 20.8 Å². The summed E-state index contributed by atoms with van der Waals surface area (Å²) in [6.07, 6.45) is 5.85. The molecule has 3 heterocycles. The highest BCUT2D eigenvalue weighted by Gasteiger charge is 2.25. The molecule has 0 aliphatic carbocycles. The second kappa shape index (κ2) is 8.28. The first-order valence-corrected chi connectivity index (χ1v) is 10.6. The largest absolute Gasteiger partial charge is 0.309 e. The summed E-state index contributed by atoms with van der Waals surface area (Å²) in [6.45, 7) is 5.59. The maximum atomic E-state index is 12.6. The van der Waals surface area contributed by atoms with Crippen LogP contribution in [0.2, 0.25) is 0 Å². The monoisotopic (exact) mass is 429 g/mol. The summed E-state index contributed by atoms with van der Waals surface area (Å²) < 4.78 is 27.6. The number of nitrogens with one attached hydrogen (secondary N) is 1. The zero-order valence-corrected chi connectivity index (χ0v) is 18.0. The lowest BCUT2D eigenvalue weighted by Crippen LogP contribution is -2.35. The Morgan fingerprint density at radius 3 is 2.47 bits per heavy atom. The summed E-state index contributed by atoms with van der Waals surface area (Å²) in [5.74, 6) is 0.116. The molecule has 3 aromatic heterocycles. The van der Waals surface area contributed by atoms with E-state index in [4.69, 9.17) is 0 Å². The third-order valence-electron chi connectivity index (χ3n) is 4.20. The van der Waals surface area contributed by atoms with Crippen molar-refractivity contribution in [2.75, 3.05) is 18.9 Å². The van der Waals surface area contributed by atoms with Crippen molar-refractivity contribution in [2.24, 2.45) is 0 Å². The van der Waals surface area contributed by atoms with E-state index in [-0.39, 0.29) is 16.9 Å². The Morgan fingerprint density at radius 1 is 1.17 bits per heavy atom. The quantitative estimate of drug-likeness (QED) is 0.631. The molecule has 1 amide bonds. The molecule has 3 rings (SSSR count). The summed E-state index contributed by atoms with van der Waals surface area (Å²) in [7, 11) is -2.51. The Bertz CT molecular complexity index is 1120. The van der Waals surface area contributed by atoms with Gasteiger partial charge in [0.25, 0.3) is 5.95 Å². The van der Waals surface area contributed by atoms with Gasteiger partial charge >= 0.3 is 0 Å². The SMILES string of the molecule is CN(CC(=O)Nc1cc(C(C)(C)C)nn1-c1ncccn1)S(=O)(=O)c1cccnc1. The van der Waals surface area contributed by atoms with E-state index >= 15 is 0 Å². The predicted octanol–water partition coefficient (Wildman–Crippen LogP) is 1.61. The number of likely N-dealkylation sites (N-methyl/N-ethyl adjacent to an activating group) is 1. The molecule has 11 heteroatoms. The molecule has 0 radical (unpaired) electrons. The minimum absolute atomic E-state index is 0.0121. The third kappa shape index (κ3) is 4.69. The van der Waals surface area contributed by atoms with Crippen molar-refractivity contribution in [1.29, 1.82) is 0 Å². The molecule has 0 aliphatic heterocycles. The topological polar surface area (TPSA) is 123 Å². The number of carbonyl (C=O) groups is 1. The van der Waals surface area contributed by atoms with E-state index in [1.807, 2.05) is 20.8 Å². The fraction of sp³-hybridized carbons (Fsp3) is 0.316. The smallest absolute Gasteiger partial charge is 0.252 e. The van der Waals surface area contributed by atoms with Crippen LogP contribution in [0, 0.1) is 0 Å². The molecule has 0 unspecified atom stereocenters. The Balaban J connectivity index is 1.83. The molecule has 0 aliphatic rings. The Labute approximate surface area is 175 Å². The van der Waals surface area contributed by atoms with E-state index in [1.54, 1.807) is 24.5 Å². The van der Waals surface area contributed by atoms with Crippen LogP contribution in [-0.2, 0) is 20.2 Å². The van der Waals surface area contributed by atoms with Crippen molar-refractivity contribution >= 4 is 21.7 Å². The van der Waals surface area contributed by atoms with Crippen molar-refractivity contribution < 1.29 is 13.2 Å². The van der Waals surface area contributed by atoms with Crippen molar-refractivity contribution in [3.05, 3.63) is 54.7 Å². The van der Waals surface area contributed by atoms with Gasteiger partial charge in [0, 0.05) is 43.3 Å². The first-order chi connectivity index (χ1) is 14.1. The highest BCUT2D eigenvalue weighted by molar-refractivity contribution is 7.89. The van der Waals surface area contributed by atoms with E-state index in [0.29, 0.717) is 11.8 Å². The number of anilines is 1. The van der Waals surface area contributed by atoms with E-state index < -0.39 is 15.9 Å². The predicted molar refractivity (Wildman–Crippen MR) is 111 cm³/mol. The fourth-order valence-corrected chi connectivity index (χ4v) is 3.63. The number of amides is 1. The second-order valence-electron chi connectivity index (χ2n) is 7.62. The zero-order chi connectivity index (χ0) is 21.9. The Kier molecular flexibility index (Phi) is 5.94. The van der Waals surface area contributed by atoms with Gasteiger partial charge in [-0.2, -0.15) is 14.1 Å². The van der Waals surface area contributed by atoms with Gasteiger partial charge in [0.2, 0.25) is 15.9 Å². The maximum absolute atomic E-state index is 12.6. The van der Waals surface area contributed by atoms with Gasteiger partial charge in [0.1, 0.15) is 10.7 Å². The van der Waals surface area contributed by atoms with Crippen LogP contribution in [0.25, 0.3) is 5.95 Å². The number of pyridine rings is 1. The highest BCUT2D eigenvalue weighted by atomic mass is 32.2. The van der Waals surface area contributed by atoms with Crippen LogP contribution in [0.3, 0.4) is 0 Å². The lowest BCUT2D eigenvalue weighted by atomic mass is 9.92. The normalized spacial score (nSPS) is 12.2. The van der Waals surface area contributed by atoms with Gasteiger partial charge in [-0.05, 0) is 18.2 Å². The summed E-state index contributed by atoms with van der Waals surface area (Å²) in [4.78, 5) is 24.8. The second-order valence-corrected chi connectivity index (χ2v) is 9.67. The molecule has 10 nitrogen and oxygen atoms in total. The number of hydrogen-bond acceptors (Lipinski definition) is 7. The fourth-order valence-electron chi connectivity index (χ4n) is 2.54. The Hall–Kier alpha value is -3.18. The van der Waals surface area contributed by atoms with Gasteiger partial charge in [-0.25, -0.2) is 18.4 Å². The Morgan fingerprint density at radius 2 is 1.87 bits per heavy atom. The average molecular weight is 430 g/mol. The first kappa shape index (κ1) is 21.5. The van der Waals surface area contributed by atoms with Gasteiger partial charge < -0.3 is 5.32 Å². The molecule has 0 saturated heterocycles.